The summed E-state index contributed by atoms with van der Waals surface area (Å²) in [5.41, 5.74) is 2.91. The summed E-state index contributed by atoms with van der Waals surface area (Å²) in [5, 5.41) is 4.82. The van der Waals surface area contributed by atoms with Crippen molar-refractivity contribution in [1.29, 1.82) is 0 Å². The minimum absolute atomic E-state index is 0.0731. The Labute approximate surface area is 166 Å². The van der Waals surface area contributed by atoms with Gasteiger partial charge in [0.2, 0.25) is 0 Å². The third-order valence-electron chi connectivity index (χ3n) is 4.72. The largest absolute Gasteiger partial charge is 0.497 e. The molecule has 0 saturated carbocycles. The van der Waals surface area contributed by atoms with Gasteiger partial charge in [0.15, 0.2) is 5.13 Å². The number of methoxy groups -OCH3 is 1. The number of ether oxygens (including phenoxy) is 1. The van der Waals surface area contributed by atoms with Crippen LogP contribution in [0.25, 0.3) is 0 Å². The van der Waals surface area contributed by atoms with Gasteiger partial charge in [0.25, 0.3) is 11.8 Å². The maximum Gasteiger partial charge on any atom is 0.278 e. The number of hydrogen-bond donors (Lipinski definition) is 1. The third kappa shape index (κ3) is 3.36. The Morgan fingerprint density at radius 3 is 2.68 bits per heavy atom. The van der Waals surface area contributed by atoms with E-state index in [-0.39, 0.29) is 17.9 Å². The highest BCUT2D eigenvalue weighted by Gasteiger charge is 2.32. The van der Waals surface area contributed by atoms with Crippen molar-refractivity contribution in [3.05, 3.63) is 70.7 Å². The quantitative estimate of drug-likeness (QED) is 0.727. The average molecular weight is 393 g/mol. The number of thiazole rings is 1. The van der Waals surface area contributed by atoms with Crippen molar-refractivity contribution in [2.75, 3.05) is 17.3 Å². The Hall–Kier alpha value is -3.19. The number of amides is 2. The Morgan fingerprint density at radius 2 is 1.93 bits per heavy atom. The summed E-state index contributed by atoms with van der Waals surface area (Å²) in [6, 6.07) is 14.8. The van der Waals surface area contributed by atoms with Gasteiger partial charge in [-0.05, 0) is 49.2 Å². The van der Waals surface area contributed by atoms with Crippen molar-refractivity contribution in [2.24, 2.45) is 0 Å². The lowest BCUT2D eigenvalue weighted by atomic mass is 10.1. The highest BCUT2D eigenvalue weighted by atomic mass is 32.1. The van der Waals surface area contributed by atoms with Crippen LogP contribution in [0, 0.1) is 0 Å². The van der Waals surface area contributed by atoms with E-state index >= 15 is 0 Å². The molecule has 0 saturated heterocycles. The van der Waals surface area contributed by atoms with Crippen LogP contribution < -0.4 is 15.0 Å². The predicted molar refractivity (Wildman–Crippen MR) is 109 cm³/mol. The molecule has 2 heterocycles. The van der Waals surface area contributed by atoms with Gasteiger partial charge >= 0.3 is 0 Å². The number of hydrogen-bond acceptors (Lipinski definition) is 5. The molecule has 7 heteroatoms. The van der Waals surface area contributed by atoms with Crippen LogP contribution in [0.2, 0.25) is 0 Å². The SMILES string of the molecule is COc1ccc(C(=O)Nc2nc(C(=O)N3c4ccccc4CC3C)cs2)cc1. The van der Waals surface area contributed by atoms with E-state index < -0.39 is 0 Å². The van der Waals surface area contributed by atoms with Crippen LogP contribution >= 0.6 is 11.3 Å². The number of aromatic nitrogens is 1. The molecule has 1 atom stereocenters. The number of carbonyl (C=O) groups is 2. The second-order valence-electron chi connectivity index (χ2n) is 6.58. The number of nitrogens with zero attached hydrogens (tertiary/aromatic N) is 2. The van der Waals surface area contributed by atoms with Crippen molar-refractivity contribution in [3.8, 4) is 5.75 Å². The second kappa shape index (κ2) is 7.44. The lowest BCUT2D eigenvalue weighted by Gasteiger charge is -2.21. The standard InChI is InChI=1S/C21H19N3O3S/c1-13-11-15-5-3-4-6-18(15)24(13)20(26)17-12-28-21(22-17)23-19(25)14-7-9-16(27-2)10-8-14/h3-10,12-13H,11H2,1-2H3,(H,22,23,25). The number of carbonyl (C=O) groups excluding carboxylic acids is 2. The fourth-order valence-electron chi connectivity index (χ4n) is 3.34. The number of rotatable bonds is 4. The maximum atomic E-state index is 13.0. The third-order valence-corrected chi connectivity index (χ3v) is 5.48. The molecule has 1 aromatic heterocycles. The number of benzene rings is 2. The van der Waals surface area contributed by atoms with Crippen molar-refractivity contribution in [3.63, 3.8) is 0 Å². The van der Waals surface area contributed by atoms with Crippen molar-refractivity contribution in [1.82, 2.24) is 4.98 Å². The van der Waals surface area contributed by atoms with Crippen LogP contribution in [0.3, 0.4) is 0 Å². The molecule has 0 radical (unpaired) electrons. The minimum Gasteiger partial charge on any atom is -0.497 e. The van der Waals surface area contributed by atoms with Gasteiger partial charge in [-0.1, -0.05) is 18.2 Å². The molecule has 2 amide bonds. The van der Waals surface area contributed by atoms with E-state index in [4.69, 9.17) is 4.74 Å². The number of fused-ring (bicyclic) bond motifs is 1. The van der Waals surface area contributed by atoms with E-state index in [9.17, 15) is 9.59 Å². The molecule has 0 bridgehead atoms. The summed E-state index contributed by atoms with van der Waals surface area (Å²) in [6.07, 6.45) is 0.827. The summed E-state index contributed by atoms with van der Waals surface area (Å²) in [5.74, 6) is 0.244. The predicted octanol–water partition coefficient (Wildman–Crippen LogP) is 4.00. The van der Waals surface area contributed by atoms with Crippen molar-refractivity contribution >= 4 is 34.0 Å². The summed E-state index contributed by atoms with van der Waals surface area (Å²) >= 11 is 1.23. The van der Waals surface area contributed by atoms with E-state index in [1.807, 2.05) is 31.2 Å². The van der Waals surface area contributed by atoms with Gasteiger partial charge < -0.3 is 9.64 Å². The zero-order valence-electron chi connectivity index (χ0n) is 15.5. The maximum absolute atomic E-state index is 13.0. The normalized spacial score (nSPS) is 15.2. The molecule has 6 nitrogen and oxygen atoms in total. The molecule has 1 N–H and O–H groups in total. The second-order valence-corrected chi connectivity index (χ2v) is 7.44. The Kier molecular flexibility index (Phi) is 4.83. The first-order valence-electron chi connectivity index (χ1n) is 8.89. The molecule has 1 aliphatic heterocycles. The average Bonchev–Trinajstić information content (AvgIpc) is 3.31. The first-order chi connectivity index (χ1) is 13.6. The molecular weight excluding hydrogens is 374 g/mol. The zero-order valence-corrected chi connectivity index (χ0v) is 16.3. The van der Waals surface area contributed by atoms with Crippen molar-refractivity contribution < 1.29 is 14.3 Å². The highest BCUT2D eigenvalue weighted by molar-refractivity contribution is 7.14. The molecule has 28 heavy (non-hydrogen) atoms. The molecule has 1 unspecified atom stereocenters. The van der Waals surface area contributed by atoms with Gasteiger partial charge in [-0.15, -0.1) is 11.3 Å². The van der Waals surface area contributed by atoms with Gasteiger partial charge in [0, 0.05) is 22.7 Å². The molecule has 0 fully saturated rings. The van der Waals surface area contributed by atoms with E-state index in [1.165, 1.54) is 11.3 Å². The lowest BCUT2D eigenvalue weighted by Crippen LogP contribution is -2.35. The van der Waals surface area contributed by atoms with E-state index in [1.54, 1.807) is 41.7 Å². The van der Waals surface area contributed by atoms with Gasteiger partial charge in [-0.3, -0.25) is 14.9 Å². The molecule has 142 valence electrons. The fraction of sp³-hybridized carbons (Fsp3) is 0.190. The summed E-state index contributed by atoms with van der Waals surface area (Å²) in [7, 11) is 1.57. The van der Waals surface area contributed by atoms with Crippen LogP contribution in [-0.2, 0) is 6.42 Å². The van der Waals surface area contributed by atoms with E-state index in [0.717, 1.165) is 17.7 Å². The van der Waals surface area contributed by atoms with Gasteiger partial charge in [-0.2, -0.15) is 0 Å². The number of para-hydroxylation sites is 1. The smallest absolute Gasteiger partial charge is 0.278 e. The number of nitrogens with one attached hydrogen (secondary N) is 1. The first kappa shape index (κ1) is 18.2. The molecule has 4 rings (SSSR count). The van der Waals surface area contributed by atoms with Gasteiger partial charge in [-0.25, -0.2) is 4.98 Å². The number of anilines is 2. The van der Waals surface area contributed by atoms with Crippen molar-refractivity contribution in [2.45, 2.75) is 19.4 Å². The summed E-state index contributed by atoms with van der Waals surface area (Å²) in [6.45, 7) is 2.02. The molecule has 1 aliphatic rings. The molecule has 2 aromatic carbocycles. The van der Waals surface area contributed by atoms with Gasteiger partial charge in [0.1, 0.15) is 11.4 Å². The minimum atomic E-state index is -0.282. The molecule has 0 spiro atoms. The lowest BCUT2D eigenvalue weighted by molar-refractivity contribution is 0.0975. The summed E-state index contributed by atoms with van der Waals surface area (Å²) < 4.78 is 5.10. The monoisotopic (exact) mass is 393 g/mol. The topological polar surface area (TPSA) is 71.5 Å². The zero-order chi connectivity index (χ0) is 19.7. The first-order valence-corrected chi connectivity index (χ1v) is 9.77. The summed E-state index contributed by atoms with van der Waals surface area (Å²) in [4.78, 5) is 31.5. The Balaban J connectivity index is 1.49. The van der Waals surface area contributed by atoms with Crippen LogP contribution in [-0.4, -0.2) is 29.9 Å². The molecular formula is C21H19N3O3S. The van der Waals surface area contributed by atoms with Crippen LogP contribution in [0.1, 0.15) is 33.3 Å². The van der Waals surface area contributed by atoms with E-state index in [2.05, 4.69) is 10.3 Å². The Morgan fingerprint density at radius 1 is 1.18 bits per heavy atom. The van der Waals surface area contributed by atoms with Crippen LogP contribution in [0.4, 0.5) is 10.8 Å². The van der Waals surface area contributed by atoms with Crippen LogP contribution in [0.15, 0.2) is 53.9 Å². The van der Waals surface area contributed by atoms with E-state index in [0.29, 0.717) is 22.1 Å². The Bertz CT molecular complexity index is 1030. The molecule has 0 aliphatic carbocycles. The highest BCUT2D eigenvalue weighted by Crippen LogP contribution is 2.33. The van der Waals surface area contributed by atoms with Crippen LogP contribution in [0.5, 0.6) is 5.75 Å². The molecule has 3 aromatic rings. The van der Waals surface area contributed by atoms with Gasteiger partial charge in [0.05, 0.1) is 7.11 Å². The fourth-order valence-corrected chi connectivity index (χ4v) is 4.02.